The Kier molecular flexibility index (Phi) is 71.0. The Morgan fingerprint density at radius 3 is 0.892 bits per heavy atom. The molecule has 584 valence electrons. The summed E-state index contributed by atoms with van der Waals surface area (Å²) in [6.07, 6.45) is 83.2. The van der Waals surface area contributed by atoms with Gasteiger partial charge in [0.1, 0.15) is 19.3 Å². The average Bonchev–Trinajstić information content (AvgIpc) is 0.907. The minimum absolute atomic E-state index is 0.0792. The Bertz CT molecular complexity index is 2460. The predicted octanol–water partition coefficient (Wildman–Crippen LogP) is 22.9. The van der Waals surface area contributed by atoms with Gasteiger partial charge in [0, 0.05) is 19.3 Å². The molecule has 5 atom stereocenters. The third kappa shape index (κ3) is 73.5. The first-order chi connectivity index (χ1) is 49.7. The molecule has 0 spiro atoms. The smallest absolute Gasteiger partial charge is 0.462 e. The highest BCUT2D eigenvalue weighted by molar-refractivity contribution is 7.47. The van der Waals surface area contributed by atoms with E-state index in [4.69, 9.17) is 37.0 Å². The van der Waals surface area contributed by atoms with Crippen molar-refractivity contribution >= 4 is 39.5 Å². The van der Waals surface area contributed by atoms with Crippen LogP contribution in [0.25, 0.3) is 0 Å². The van der Waals surface area contributed by atoms with Gasteiger partial charge in [-0.15, -0.1) is 0 Å². The molecule has 17 nitrogen and oxygen atoms in total. The number of aliphatic hydroxyl groups excluding tert-OH is 1. The number of ether oxygens (including phenoxy) is 4. The molecule has 0 saturated heterocycles. The summed E-state index contributed by atoms with van der Waals surface area (Å²) in [5.41, 5.74) is 0. The lowest BCUT2D eigenvalue weighted by molar-refractivity contribution is -0.161. The van der Waals surface area contributed by atoms with Crippen LogP contribution in [0.15, 0.2) is 134 Å². The first-order valence-electron chi connectivity index (χ1n) is 39.4. The number of carbonyl (C=O) groups excluding carboxylic acids is 4. The predicted molar refractivity (Wildman–Crippen MR) is 418 cm³/mol. The maximum atomic E-state index is 13.1. The van der Waals surface area contributed by atoms with Crippen molar-refractivity contribution in [2.24, 2.45) is 0 Å². The van der Waals surface area contributed by atoms with Crippen molar-refractivity contribution in [3.05, 3.63) is 134 Å². The number of rotatable bonds is 73. The fourth-order valence-corrected chi connectivity index (χ4v) is 11.7. The molecule has 0 aliphatic rings. The van der Waals surface area contributed by atoms with Crippen LogP contribution in [0.1, 0.15) is 310 Å². The zero-order valence-electron chi connectivity index (χ0n) is 63.7. The van der Waals surface area contributed by atoms with Gasteiger partial charge < -0.3 is 33.8 Å². The molecule has 0 aliphatic heterocycles. The van der Waals surface area contributed by atoms with Crippen LogP contribution in [0, 0.1) is 0 Å². The van der Waals surface area contributed by atoms with Gasteiger partial charge in [-0.3, -0.25) is 37.3 Å². The first-order valence-corrected chi connectivity index (χ1v) is 42.4. The molecule has 5 unspecified atom stereocenters. The van der Waals surface area contributed by atoms with Gasteiger partial charge >= 0.3 is 39.5 Å². The zero-order chi connectivity index (χ0) is 74.6. The van der Waals surface area contributed by atoms with E-state index in [-0.39, 0.29) is 25.7 Å². The second kappa shape index (κ2) is 74.5. The second-order valence-corrected chi connectivity index (χ2v) is 28.8. The number of allylic oxidation sites excluding steroid dienone is 21. The van der Waals surface area contributed by atoms with Gasteiger partial charge in [0.25, 0.3) is 0 Å². The number of unbranched alkanes of at least 4 members (excludes halogenated alkanes) is 26. The maximum Gasteiger partial charge on any atom is 0.472 e. The molecule has 0 rings (SSSR count). The van der Waals surface area contributed by atoms with Crippen molar-refractivity contribution in [1.82, 2.24) is 0 Å². The highest BCUT2D eigenvalue weighted by atomic mass is 31.2. The lowest BCUT2D eigenvalue weighted by atomic mass is 10.1. The standard InChI is InChI=1S/C83H140O17P2/c1-5-9-13-17-21-25-29-33-36-37-38-39-42-45-48-52-56-60-64-68-81(86)94-74-79(100-83(88)70-66-62-58-54-50-46-41-35-31-27-23-19-15-11-7-3)76-98-102(91,92)96-72-77(84)71-95-101(89,90)97-75-78(99-82(87)69-65-61-57-53-49-43-32-28-24-20-16-12-8-4)73-93-80(85)67-63-59-55-51-47-44-40-34-30-26-22-18-14-10-6-2/h9,11,13,15,21,23,25,27-28,32-36,38-41,50,54,62,66,77-79,84H,5-8,10,12,14,16-20,22,24,26,29-31,37,42-49,51-53,55-61,63-65,67-76H2,1-4H3,(H,89,90)(H,91,92)/b13-9-,15-11-,25-21-,27-23-,32-28-,36-33-,39-38-,40-34-,41-35-,54-50-,66-62-. The van der Waals surface area contributed by atoms with Gasteiger partial charge in [0.2, 0.25) is 0 Å². The van der Waals surface area contributed by atoms with Gasteiger partial charge in [0.05, 0.1) is 32.8 Å². The molecule has 0 aliphatic carbocycles. The van der Waals surface area contributed by atoms with Crippen LogP contribution >= 0.6 is 15.6 Å². The van der Waals surface area contributed by atoms with Crippen molar-refractivity contribution in [3.8, 4) is 0 Å². The molecule has 0 bridgehead atoms. The quantitative estimate of drug-likeness (QED) is 0.0169. The van der Waals surface area contributed by atoms with E-state index in [9.17, 15) is 43.2 Å². The van der Waals surface area contributed by atoms with Gasteiger partial charge in [-0.2, -0.15) is 0 Å². The topological polar surface area (TPSA) is 237 Å². The summed E-state index contributed by atoms with van der Waals surface area (Å²) in [4.78, 5) is 72.9. The summed E-state index contributed by atoms with van der Waals surface area (Å²) in [5, 5.41) is 10.6. The van der Waals surface area contributed by atoms with E-state index in [2.05, 4.69) is 137 Å². The normalized spacial score (nSPS) is 14.6. The Morgan fingerprint density at radius 1 is 0.294 bits per heavy atom. The van der Waals surface area contributed by atoms with E-state index < -0.39 is 97.5 Å². The summed E-state index contributed by atoms with van der Waals surface area (Å²) >= 11 is 0. The van der Waals surface area contributed by atoms with Crippen molar-refractivity contribution in [2.75, 3.05) is 39.6 Å². The second-order valence-electron chi connectivity index (χ2n) is 25.9. The SMILES string of the molecule is CC/C=C\C/C=C\C/C=C\C/C=C\C/C=C\CC(=O)OC(COC(=O)CCCCCCCC/C=C\C/C=C\C/C=C\C/C=C\CC)COP(=O)(O)OCC(O)COP(=O)(O)OCC(COC(=O)CCCCCCC/C=C\CCCCCCCC)OC(=O)CCCCCCC/C=C\CCCCCC. The number of esters is 4. The van der Waals surface area contributed by atoms with Gasteiger partial charge in [0.15, 0.2) is 12.2 Å². The van der Waals surface area contributed by atoms with Gasteiger partial charge in [-0.05, 0) is 141 Å². The summed E-state index contributed by atoms with van der Waals surface area (Å²) in [5.74, 6) is -2.36. The lowest BCUT2D eigenvalue weighted by Crippen LogP contribution is -2.30. The van der Waals surface area contributed by atoms with E-state index in [0.29, 0.717) is 25.7 Å². The largest absolute Gasteiger partial charge is 0.472 e. The van der Waals surface area contributed by atoms with Gasteiger partial charge in [-0.25, -0.2) is 9.13 Å². The van der Waals surface area contributed by atoms with E-state index in [0.717, 1.165) is 167 Å². The van der Waals surface area contributed by atoms with Crippen molar-refractivity contribution in [3.63, 3.8) is 0 Å². The molecule has 0 saturated carbocycles. The van der Waals surface area contributed by atoms with Crippen LogP contribution in [-0.2, 0) is 65.4 Å². The number of hydrogen-bond donors (Lipinski definition) is 3. The van der Waals surface area contributed by atoms with E-state index in [1.807, 2.05) is 12.2 Å². The highest BCUT2D eigenvalue weighted by Crippen LogP contribution is 2.45. The Balaban J connectivity index is 5.43. The van der Waals surface area contributed by atoms with E-state index >= 15 is 0 Å². The third-order valence-electron chi connectivity index (χ3n) is 16.1. The van der Waals surface area contributed by atoms with Crippen molar-refractivity contribution < 1.29 is 80.2 Å². The number of phosphoric ester groups is 2. The van der Waals surface area contributed by atoms with Crippen molar-refractivity contribution in [1.29, 1.82) is 0 Å². The van der Waals surface area contributed by atoms with Crippen LogP contribution in [0.2, 0.25) is 0 Å². The number of hydrogen-bond acceptors (Lipinski definition) is 15. The fraction of sp³-hybridized carbons (Fsp3) is 0.687. The summed E-state index contributed by atoms with van der Waals surface area (Å²) in [7, 11) is -10.00. The molecule has 0 amide bonds. The van der Waals surface area contributed by atoms with Crippen LogP contribution < -0.4 is 0 Å². The minimum Gasteiger partial charge on any atom is -0.462 e. The van der Waals surface area contributed by atoms with Crippen LogP contribution in [0.4, 0.5) is 0 Å². The molecule has 19 heteroatoms. The third-order valence-corrected chi connectivity index (χ3v) is 18.0. The fourth-order valence-electron chi connectivity index (χ4n) is 10.2. The number of carbonyl (C=O) groups is 4. The summed E-state index contributed by atoms with van der Waals surface area (Å²) < 4.78 is 68.4. The molecular formula is C83H140O17P2. The zero-order valence-corrected chi connectivity index (χ0v) is 65.5. The molecule has 102 heavy (non-hydrogen) atoms. The number of aliphatic hydroxyl groups is 1. The Hall–Kier alpha value is -4.80. The molecule has 0 heterocycles. The highest BCUT2D eigenvalue weighted by Gasteiger charge is 2.30. The molecule has 0 aromatic carbocycles. The van der Waals surface area contributed by atoms with Crippen LogP contribution in [-0.4, -0.2) is 96.7 Å². The maximum absolute atomic E-state index is 13.1. The summed E-state index contributed by atoms with van der Waals surface area (Å²) in [6, 6.07) is 0. The van der Waals surface area contributed by atoms with Gasteiger partial charge in [-0.1, -0.05) is 277 Å². The van der Waals surface area contributed by atoms with Crippen LogP contribution in [0.3, 0.4) is 0 Å². The molecular weight excluding hydrogens is 1330 g/mol. The Morgan fingerprint density at radius 2 is 0.549 bits per heavy atom. The van der Waals surface area contributed by atoms with Crippen LogP contribution in [0.5, 0.6) is 0 Å². The lowest BCUT2D eigenvalue weighted by Gasteiger charge is -2.21. The number of phosphoric acid groups is 2. The van der Waals surface area contributed by atoms with Crippen molar-refractivity contribution in [2.45, 2.75) is 329 Å². The summed E-state index contributed by atoms with van der Waals surface area (Å²) in [6.45, 7) is 4.48. The van der Waals surface area contributed by atoms with E-state index in [1.165, 1.54) is 64.2 Å². The Labute approximate surface area is 618 Å². The molecule has 0 radical (unpaired) electrons. The first kappa shape index (κ1) is 97.2. The molecule has 0 aromatic rings. The molecule has 3 N–H and O–H groups in total. The molecule has 0 fully saturated rings. The minimum atomic E-state index is -5.01. The average molecular weight is 1470 g/mol. The monoisotopic (exact) mass is 1470 g/mol. The van der Waals surface area contributed by atoms with E-state index in [1.54, 1.807) is 12.2 Å². The molecule has 0 aromatic heterocycles.